The van der Waals surface area contributed by atoms with Crippen LogP contribution in [0.25, 0.3) is 6.08 Å². The monoisotopic (exact) mass is 325 g/mol. The van der Waals surface area contributed by atoms with Gasteiger partial charge in [-0.3, -0.25) is 9.78 Å². The summed E-state index contributed by atoms with van der Waals surface area (Å²) < 4.78 is 5.63. The maximum atomic E-state index is 11.8. The van der Waals surface area contributed by atoms with Crippen molar-refractivity contribution in [2.24, 2.45) is 5.92 Å². The number of aromatic nitrogens is 1. The van der Waals surface area contributed by atoms with Gasteiger partial charge >= 0.3 is 0 Å². The van der Waals surface area contributed by atoms with Crippen molar-refractivity contribution in [1.82, 2.24) is 10.3 Å². The molecule has 0 saturated heterocycles. The van der Waals surface area contributed by atoms with E-state index in [9.17, 15) is 4.79 Å². The molecule has 1 aromatic carbocycles. The Hall–Kier alpha value is -2.82. The van der Waals surface area contributed by atoms with E-state index in [1.807, 2.05) is 30.3 Å². The molecular weight excluding hydrogens is 302 g/mol. The highest BCUT2D eigenvalue weighted by atomic mass is 16.5. The van der Waals surface area contributed by atoms with E-state index in [0.717, 1.165) is 11.3 Å². The summed E-state index contributed by atoms with van der Waals surface area (Å²) in [7, 11) is 0. The van der Waals surface area contributed by atoms with Crippen molar-refractivity contribution < 1.29 is 9.53 Å². The van der Waals surface area contributed by atoms with Gasteiger partial charge in [0.1, 0.15) is 5.75 Å². The van der Waals surface area contributed by atoms with E-state index in [4.69, 9.17) is 10.5 Å². The summed E-state index contributed by atoms with van der Waals surface area (Å²) in [4.78, 5) is 16.0. The molecule has 126 valence electrons. The molecule has 2 aromatic rings. The van der Waals surface area contributed by atoms with Gasteiger partial charge < -0.3 is 15.8 Å². The molecule has 1 aromatic heterocycles. The van der Waals surface area contributed by atoms with Crippen molar-refractivity contribution in [3.63, 3.8) is 0 Å². The average Bonchev–Trinajstić information content (AvgIpc) is 2.58. The van der Waals surface area contributed by atoms with E-state index < -0.39 is 0 Å². The molecule has 0 aliphatic carbocycles. The first-order valence-corrected chi connectivity index (χ1v) is 7.92. The predicted molar refractivity (Wildman–Crippen MR) is 96.3 cm³/mol. The van der Waals surface area contributed by atoms with E-state index in [1.54, 1.807) is 18.3 Å². The van der Waals surface area contributed by atoms with Crippen LogP contribution >= 0.6 is 0 Å². The first-order chi connectivity index (χ1) is 11.5. The number of hydrogen-bond donors (Lipinski definition) is 2. The Morgan fingerprint density at radius 3 is 2.83 bits per heavy atom. The topological polar surface area (TPSA) is 77.2 Å². The zero-order chi connectivity index (χ0) is 17.4. The van der Waals surface area contributed by atoms with Crippen molar-refractivity contribution >= 4 is 17.7 Å². The first kappa shape index (κ1) is 17.5. The number of nitrogens with two attached hydrogens (primary N) is 1. The number of nitrogen functional groups attached to an aromatic ring is 1. The number of nitrogens with one attached hydrogen (secondary N) is 1. The molecule has 0 aliphatic rings. The van der Waals surface area contributed by atoms with Gasteiger partial charge in [0.05, 0.1) is 24.5 Å². The normalized spacial score (nSPS) is 11.0. The Bertz CT molecular complexity index is 697. The second-order valence-corrected chi connectivity index (χ2v) is 5.87. The second-order valence-electron chi connectivity index (χ2n) is 5.87. The Balaban J connectivity index is 1.89. The minimum atomic E-state index is -0.181. The van der Waals surface area contributed by atoms with Gasteiger partial charge in [-0.1, -0.05) is 26.0 Å². The van der Waals surface area contributed by atoms with Crippen molar-refractivity contribution in [3.05, 3.63) is 59.9 Å². The van der Waals surface area contributed by atoms with Crippen molar-refractivity contribution in [2.75, 3.05) is 12.3 Å². The second kappa shape index (κ2) is 8.72. The fraction of sp³-hybridized carbons (Fsp3) is 0.263. The third kappa shape index (κ3) is 5.76. The number of pyridine rings is 1. The van der Waals surface area contributed by atoms with Crippen molar-refractivity contribution in [2.45, 2.75) is 20.4 Å². The van der Waals surface area contributed by atoms with E-state index in [2.05, 4.69) is 24.1 Å². The van der Waals surface area contributed by atoms with Crippen LogP contribution in [-0.2, 0) is 11.3 Å². The standard InChI is InChI=1S/C19H23N3O2/c1-14(2)13-24-18-8-6-15(11-17(18)20)7-9-19(23)22-12-16-5-3-4-10-21-16/h3-11,14H,12-13,20H2,1-2H3,(H,22,23)/b9-7-. The van der Waals surface area contributed by atoms with Crippen LogP contribution in [0.1, 0.15) is 25.1 Å². The molecule has 0 saturated carbocycles. The summed E-state index contributed by atoms with van der Waals surface area (Å²) in [6.45, 7) is 5.18. The highest BCUT2D eigenvalue weighted by Gasteiger charge is 2.03. The molecule has 5 heteroatoms. The number of carbonyl (C=O) groups excluding carboxylic acids is 1. The highest BCUT2D eigenvalue weighted by Crippen LogP contribution is 2.23. The predicted octanol–water partition coefficient (Wildman–Crippen LogP) is 3.03. The fourth-order valence-corrected chi connectivity index (χ4v) is 1.97. The Labute approximate surface area is 142 Å². The summed E-state index contributed by atoms with van der Waals surface area (Å²) in [6.07, 6.45) is 4.89. The summed E-state index contributed by atoms with van der Waals surface area (Å²) >= 11 is 0. The van der Waals surface area contributed by atoms with E-state index >= 15 is 0 Å². The molecule has 3 N–H and O–H groups in total. The van der Waals surface area contributed by atoms with Crippen LogP contribution in [0, 0.1) is 5.92 Å². The molecule has 0 atom stereocenters. The van der Waals surface area contributed by atoms with Crippen molar-refractivity contribution in [1.29, 1.82) is 0 Å². The number of ether oxygens (including phenoxy) is 1. The lowest BCUT2D eigenvalue weighted by molar-refractivity contribution is -0.116. The molecular formula is C19H23N3O2. The Morgan fingerprint density at radius 1 is 1.33 bits per heavy atom. The van der Waals surface area contributed by atoms with Crippen LogP contribution in [0.4, 0.5) is 5.69 Å². The molecule has 24 heavy (non-hydrogen) atoms. The number of nitrogens with zero attached hydrogens (tertiary/aromatic N) is 1. The van der Waals surface area contributed by atoms with Gasteiger partial charge in [0.25, 0.3) is 0 Å². The van der Waals surface area contributed by atoms with Gasteiger partial charge in [-0.25, -0.2) is 0 Å². The zero-order valence-corrected chi connectivity index (χ0v) is 14.0. The summed E-state index contributed by atoms with van der Waals surface area (Å²) in [5.74, 6) is 0.923. The quantitative estimate of drug-likeness (QED) is 0.606. The molecule has 0 bridgehead atoms. The summed E-state index contributed by atoms with van der Waals surface area (Å²) in [5.41, 5.74) is 8.20. The third-order valence-corrected chi connectivity index (χ3v) is 3.20. The van der Waals surface area contributed by atoms with Gasteiger partial charge in [0.15, 0.2) is 0 Å². The fourth-order valence-electron chi connectivity index (χ4n) is 1.97. The number of rotatable bonds is 7. The van der Waals surface area contributed by atoms with Crippen LogP contribution in [0.15, 0.2) is 48.7 Å². The number of amides is 1. The number of anilines is 1. The van der Waals surface area contributed by atoms with Gasteiger partial charge in [0, 0.05) is 12.3 Å². The van der Waals surface area contributed by atoms with Crippen LogP contribution in [0.3, 0.4) is 0 Å². The van der Waals surface area contributed by atoms with E-state index in [1.165, 1.54) is 6.08 Å². The average molecular weight is 325 g/mol. The molecule has 1 heterocycles. The molecule has 0 radical (unpaired) electrons. The Morgan fingerprint density at radius 2 is 2.17 bits per heavy atom. The van der Waals surface area contributed by atoms with Crippen LogP contribution in [-0.4, -0.2) is 17.5 Å². The smallest absolute Gasteiger partial charge is 0.244 e. The lowest BCUT2D eigenvalue weighted by Gasteiger charge is -2.11. The van der Waals surface area contributed by atoms with Gasteiger partial charge in [0.2, 0.25) is 5.91 Å². The lowest BCUT2D eigenvalue weighted by Crippen LogP contribution is -2.20. The van der Waals surface area contributed by atoms with Crippen LogP contribution < -0.4 is 15.8 Å². The third-order valence-electron chi connectivity index (χ3n) is 3.20. The zero-order valence-electron chi connectivity index (χ0n) is 14.0. The number of hydrogen-bond acceptors (Lipinski definition) is 4. The lowest BCUT2D eigenvalue weighted by atomic mass is 10.1. The molecule has 0 unspecified atom stereocenters. The minimum absolute atomic E-state index is 0.181. The maximum Gasteiger partial charge on any atom is 0.244 e. The molecule has 0 fully saturated rings. The van der Waals surface area contributed by atoms with Crippen LogP contribution in [0.5, 0.6) is 5.75 Å². The largest absolute Gasteiger partial charge is 0.491 e. The van der Waals surface area contributed by atoms with E-state index in [-0.39, 0.29) is 5.91 Å². The molecule has 1 amide bonds. The number of carbonyl (C=O) groups is 1. The Kier molecular flexibility index (Phi) is 6.37. The van der Waals surface area contributed by atoms with Crippen molar-refractivity contribution in [3.8, 4) is 5.75 Å². The van der Waals surface area contributed by atoms with E-state index in [0.29, 0.717) is 30.5 Å². The van der Waals surface area contributed by atoms with Crippen LogP contribution in [0.2, 0.25) is 0 Å². The first-order valence-electron chi connectivity index (χ1n) is 7.92. The summed E-state index contributed by atoms with van der Waals surface area (Å²) in [5, 5.41) is 2.78. The highest BCUT2D eigenvalue weighted by molar-refractivity contribution is 5.91. The van der Waals surface area contributed by atoms with Gasteiger partial charge in [-0.05, 0) is 41.8 Å². The molecule has 0 aliphatic heterocycles. The SMILES string of the molecule is CC(C)COc1ccc(/C=C\C(=O)NCc2ccccn2)cc1N. The van der Waals surface area contributed by atoms with Gasteiger partial charge in [-0.15, -0.1) is 0 Å². The molecule has 5 nitrogen and oxygen atoms in total. The van der Waals surface area contributed by atoms with Gasteiger partial charge in [-0.2, -0.15) is 0 Å². The minimum Gasteiger partial charge on any atom is -0.491 e. The molecule has 0 spiro atoms. The maximum absolute atomic E-state index is 11.8. The summed E-state index contributed by atoms with van der Waals surface area (Å²) in [6, 6.07) is 11.1. The molecule has 2 rings (SSSR count). The number of benzene rings is 1.